The highest BCUT2D eigenvalue weighted by Crippen LogP contribution is 2.30. The molecule has 1 aliphatic rings. The van der Waals surface area contributed by atoms with Crippen molar-refractivity contribution in [2.24, 2.45) is 0 Å². The molecule has 142 valence electrons. The van der Waals surface area contributed by atoms with Gasteiger partial charge in [0.25, 0.3) is 5.91 Å². The van der Waals surface area contributed by atoms with Crippen molar-refractivity contribution in [1.82, 2.24) is 0 Å². The number of halogens is 1. The number of carbonyl (C=O) groups is 2. The van der Waals surface area contributed by atoms with Crippen LogP contribution in [0.15, 0.2) is 36.4 Å². The van der Waals surface area contributed by atoms with Crippen LogP contribution in [0.1, 0.15) is 34.8 Å². The molecule has 1 N–H and O–H groups in total. The first kappa shape index (κ1) is 19.4. The maximum atomic E-state index is 12.8. The second kappa shape index (κ2) is 7.32. The predicted octanol–water partition coefficient (Wildman–Crippen LogP) is 3.53. The summed E-state index contributed by atoms with van der Waals surface area (Å²) in [6.45, 7) is 3.88. The number of amides is 2. The number of nitrogens with zero attached hydrogens (tertiary/aromatic N) is 1. The van der Waals surface area contributed by atoms with Gasteiger partial charge in [0.1, 0.15) is 0 Å². The standard InChI is InChI=1S/C19H19ClN2O4S/c1-3-13-6-4-5-12(2)18(13)21-19(24)15-11-14(7-8-16(15)20)22-17(23)9-10-27(22,25)26/h4-8,11H,3,9-10H2,1-2H3,(H,21,24). The Labute approximate surface area is 163 Å². The van der Waals surface area contributed by atoms with Gasteiger partial charge in [-0.15, -0.1) is 0 Å². The molecule has 3 rings (SSSR count). The van der Waals surface area contributed by atoms with Gasteiger partial charge in [-0.25, -0.2) is 12.7 Å². The summed E-state index contributed by atoms with van der Waals surface area (Å²) in [5, 5.41) is 3.03. The minimum Gasteiger partial charge on any atom is -0.321 e. The van der Waals surface area contributed by atoms with E-state index in [0.29, 0.717) is 5.69 Å². The molecule has 0 saturated carbocycles. The lowest BCUT2D eigenvalue weighted by Crippen LogP contribution is -2.29. The number of benzene rings is 2. The molecule has 2 amide bonds. The van der Waals surface area contributed by atoms with Crippen LogP contribution < -0.4 is 9.62 Å². The summed E-state index contributed by atoms with van der Waals surface area (Å²) in [6, 6.07) is 9.92. The maximum absolute atomic E-state index is 12.8. The van der Waals surface area contributed by atoms with Crippen molar-refractivity contribution in [3.8, 4) is 0 Å². The second-order valence-electron chi connectivity index (χ2n) is 6.31. The summed E-state index contributed by atoms with van der Waals surface area (Å²) in [6.07, 6.45) is 0.668. The fraction of sp³-hybridized carbons (Fsp3) is 0.263. The summed E-state index contributed by atoms with van der Waals surface area (Å²) in [7, 11) is -3.71. The minimum atomic E-state index is -3.71. The number of carbonyl (C=O) groups excluding carboxylic acids is 2. The van der Waals surface area contributed by atoms with Crippen molar-refractivity contribution >= 4 is 44.8 Å². The molecule has 0 unspecified atom stereocenters. The molecule has 0 spiro atoms. The first-order valence-corrected chi connectivity index (χ1v) is 10.5. The predicted molar refractivity (Wildman–Crippen MR) is 106 cm³/mol. The normalized spacial score (nSPS) is 15.8. The quantitative estimate of drug-likeness (QED) is 0.841. The third-order valence-corrected chi connectivity index (χ3v) is 6.51. The van der Waals surface area contributed by atoms with Crippen LogP contribution in [-0.2, 0) is 21.2 Å². The van der Waals surface area contributed by atoms with E-state index in [9.17, 15) is 18.0 Å². The topological polar surface area (TPSA) is 83.6 Å². The average Bonchev–Trinajstić information content (AvgIpc) is 2.90. The lowest BCUT2D eigenvalue weighted by molar-refractivity contribution is -0.116. The maximum Gasteiger partial charge on any atom is 0.257 e. The van der Waals surface area contributed by atoms with E-state index in [1.165, 1.54) is 18.2 Å². The van der Waals surface area contributed by atoms with Gasteiger partial charge in [0.05, 0.1) is 22.0 Å². The van der Waals surface area contributed by atoms with Crippen molar-refractivity contribution in [3.05, 3.63) is 58.1 Å². The third kappa shape index (κ3) is 3.70. The Morgan fingerprint density at radius 1 is 1.26 bits per heavy atom. The third-order valence-electron chi connectivity index (χ3n) is 4.49. The molecule has 8 heteroatoms. The molecule has 0 atom stereocenters. The molecule has 2 aromatic rings. The van der Waals surface area contributed by atoms with Crippen LogP contribution in [0, 0.1) is 6.92 Å². The molecule has 1 aliphatic heterocycles. The first-order valence-electron chi connectivity index (χ1n) is 8.50. The van der Waals surface area contributed by atoms with Crippen molar-refractivity contribution < 1.29 is 18.0 Å². The number of rotatable bonds is 4. The molecule has 1 heterocycles. The van der Waals surface area contributed by atoms with E-state index in [4.69, 9.17) is 11.6 Å². The number of nitrogens with one attached hydrogen (secondary N) is 1. The molecule has 0 bridgehead atoms. The number of para-hydroxylation sites is 1. The molecule has 0 aliphatic carbocycles. The van der Waals surface area contributed by atoms with Crippen LogP contribution in [0.3, 0.4) is 0 Å². The van der Waals surface area contributed by atoms with Gasteiger partial charge < -0.3 is 5.32 Å². The summed E-state index contributed by atoms with van der Waals surface area (Å²) in [5.74, 6) is -1.22. The number of aryl methyl sites for hydroxylation is 2. The molecular formula is C19H19ClN2O4S. The van der Waals surface area contributed by atoms with Crippen LogP contribution >= 0.6 is 11.6 Å². The zero-order valence-corrected chi connectivity index (χ0v) is 16.5. The molecule has 1 fully saturated rings. The van der Waals surface area contributed by atoms with Crippen molar-refractivity contribution in [2.75, 3.05) is 15.4 Å². The number of sulfonamides is 1. The van der Waals surface area contributed by atoms with Crippen molar-refractivity contribution in [2.45, 2.75) is 26.7 Å². The van der Waals surface area contributed by atoms with Crippen LogP contribution in [0.25, 0.3) is 0 Å². The van der Waals surface area contributed by atoms with E-state index < -0.39 is 21.8 Å². The van der Waals surface area contributed by atoms with Crippen molar-refractivity contribution in [3.63, 3.8) is 0 Å². The van der Waals surface area contributed by atoms with Crippen LogP contribution in [0.2, 0.25) is 5.02 Å². The average molecular weight is 407 g/mol. The van der Waals surface area contributed by atoms with E-state index in [-0.39, 0.29) is 28.4 Å². The Bertz CT molecular complexity index is 1030. The van der Waals surface area contributed by atoms with Crippen LogP contribution in [0.5, 0.6) is 0 Å². The van der Waals surface area contributed by atoms with E-state index in [1.54, 1.807) is 0 Å². The van der Waals surface area contributed by atoms with Gasteiger partial charge in [0.15, 0.2) is 0 Å². The Balaban J connectivity index is 1.98. The van der Waals surface area contributed by atoms with E-state index >= 15 is 0 Å². The lowest BCUT2D eigenvalue weighted by atomic mass is 10.1. The second-order valence-corrected chi connectivity index (χ2v) is 8.65. The van der Waals surface area contributed by atoms with E-state index in [0.717, 1.165) is 21.9 Å². The summed E-state index contributed by atoms with van der Waals surface area (Å²) in [4.78, 5) is 24.8. The molecular weight excluding hydrogens is 388 g/mol. The minimum absolute atomic E-state index is 0.0738. The SMILES string of the molecule is CCc1cccc(C)c1NC(=O)c1cc(N2C(=O)CCS2(=O)=O)ccc1Cl. The Hall–Kier alpha value is -2.38. The summed E-state index contributed by atoms with van der Waals surface area (Å²) < 4.78 is 25.0. The molecule has 6 nitrogen and oxygen atoms in total. The van der Waals surface area contributed by atoms with Gasteiger partial charge in [0.2, 0.25) is 15.9 Å². The smallest absolute Gasteiger partial charge is 0.257 e. The van der Waals surface area contributed by atoms with Gasteiger partial charge in [-0.1, -0.05) is 36.7 Å². The van der Waals surface area contributed by atoms with E-state index in [1.807, 2.05) is 32.0 Å². The molecule has 2 aromatic carbocycles. The monoisotopic (exact) mass is 406 g/mol. The zero-order chi connectivity index (χ0) is 19.8. The Morgan fingerprint density at radius 2 is 2.00 bits per heavy atom. The highest BCUT2D eigenvalue weighted by Gasteiger charge is 2.36. The molecule has 0 radical (unpaired) electrons. The van der Waals surface area contributed by atoms with Gasteiger partial charge in [-0.3, -0.25) is 9.59 Å². The van der Waals surface area contributed by atoms with Gasteiger partial charge in [-0.05, 0) is 42.7 Å². The summed E-state index contributed by atoms with van der Waals surface area (Å²) >= 11 is 6.17. The Kier molecular flexibility index (Phi) is 5.26. The fourth-order valence-corrected chi connectivity index (χ4v) is 4.72. The fourth-order valence-electron chi connectivity index (χ4n) is 3.07. The highest BCUT2D eigenvalue weighted by atomic mass is 35.5. The number of hydrogen-bond donors (Lipinski definition) is 1. The van der Waals surface area contributed by atoms with Gasteiger partial charge >= 0.3 is 0 Å². The Morgan fingerprint density at radius 3 is 2.63 bits per heavy atom. The van der Waals surface area contributed by atoms with Crippen LogP contribution in [-0.4, -0.2) is 26.0 Å². The number of anilines is 2. The first-order chi connectivity index (χ1) is 12.7. The van der Waals surface area contributed by atoms with Crippen LogP contribution in [0.4, 0.5) is 11.4 Å². The van der Waals surface area contributed by atoms with Gasteiger partial charge in [0, 0.05) is 12.1 Å². The molecule has 27 heavy (non-hydrogen) atoms. The largest absolute Gasteiger partial charge is 0.321 e. The van der Waals surface area contributed by atoms with E-state index in [2.05, 4.69) is 5.32 Å². The highest BCUT2D eigenvalue weighted by molar-refractivity contribution is 7.94. The molecule has 0 aromatic heterocycles. The van der Waals surface area contributed by atoms with Crippen molar-refractivity contribution in [1.29, 1.82) is 0 Å². The molecule has 1 saturated heterocycles. The summed E-state index contributed by atoms with van der Waals surface area (Å²) in [5.41, 5.74) is 2.82. The zero-order valence-electron chi connectivity index (χ0n) is 15.0. The lowest BCUT2D eigenvalue weighted by Gasteiger charge is -2.17. The number of hydrogen-bond acceptors (Lipinski definition) is 4. The van der Waals surface area contributed by atoms with Gasteiger partial charge in [-0.2, -0.15) is 0 Å².